The number of hydrogen-bond acceptors (Lipinski definition) is 2. The van der Waals surface area contributed by atoms with E-state index < -0.39 is 11.1 Å². The molecule has 0 saturated carbocycles. The fourth-order valence-corrected chi connectivity index (χ4v) is 1.27. The smallest absolute Gasteiger partial charge is 0.192 e. The Hall–Kier alpha value is -0.140. The largest absolute Gasteiger partial charge is 0.428 e. The third kappa shape index (κ3) is 2.42. The lowest BCUT2D eigenvalue weighted by atomic mass is 10.3. The topological polar surface area (TPSA) is 46.5 Å². The van der Waals surface area contributed by atoms with Crippen molar-refractivity contribution in [3.63, 3.8) is 0 Å². The van der Waals surface area contributed by atoms with E-state index in [9.17, 15) is 4.21 Å². The van der Waals surface area contributed by atoms with Gasteiger partial charge in [0.1, 0.15) is 5.75 Å². The normalized spacial score (nSPS) is 12.5. The van der Waals surface area contributed by atoms with Crippen molar-refractivity contribution in [3.8, 4) is 5.75 Å². The van der Waals surface area contributed by atoms with Crippen molar-refractivity contribution in [1.29, 1.82) is 0 Å². The van der Waals surface area contributed by atoms with Gasteiger partial charge in [-0.2, -0.15) is 0 Å². The summed E-state index contributed by atoms with van der Waals surface area (Å²) in [7, 11) is 0. The number of hydrogen-bond donors (Lipinski definition) is 1. The summed E-state index contributed by atoms with van der Waals surface area (Å²) in [5.74, 6) is 0.666. The molecule has 0 saturated heterocycles. The summed E-state index contributed by atoms with van der Waals surface area (Å²) in [4.78, 5) is 0.377. The summed E-state index contributed by atoms with van der Waals surface area (Å²) in [6, 6.07) is 6.36. The second-order valence-corrected chi connectivity index (χ2v) is 3.21. The average molecular weight is 284 g/mol. The molecule has 0 aliphatic carbocycles. The maximum atomic E-state index is 10.5. The van der Waals surface area contributed by atoms with Gasteiger partial charge in [-0.05, 0) is 24.3 Å². The molecule has 3 nitrogen and oxygen atoms in total. The predicted molar refractivity (Wildman–Crippen MR) is 50.1 cm³/mol. The van der Waals surface area contributed by atoms with Gasteiger partial charge in [0.2, 0.25) is 0 Å². The van der Waals surface area contributed by atoms with Crippen molar-refractivity contribution in [2.75, 3.05) is 0 Å². The van der Waals surface area contributed by atoms with Crippen molar-refractivity contribution in [2.24, 2.45) is 0 Å². The molecule has 5 heteroatoms. The Morgan fingerprint density at radius 3 is 2.27 bits per heavy atom. The van der Waals surface area contributed by atoms with Gasteiger partial charge in [0.25, 0.3) is 0 Å². The maximum Gasteiger partial charge on any atom is 0.192 e. The first-order chi connectivity index (χ1) is 5.24. The van der Waals surface area contributed by atoms with Gasteiger partial charge >= 0.3 is 0 Å². The number of benzene rings is 1. The van der Waals surface area contributed by atoms with E-state index in [1.165, 1.54) is 0 Å². The molecule has 1 atom stereocenters. The summed E-state index contributed by atoms with van der Waals surface area (Å²) in [5.41, 5.74) is 0. The molecule has 0 aliphatic heterocycles. The highest BCUT2D eigenvalue weighted by Gasteiger charge is 1.98. The predicted octanol–water partition coefficient (Wildman–Crippen LogP) is 2.00. The summed E-state index contributed by atoms with van der Waals surface area (Å²) in [5, 5.41) is 0. The van der Waals surface area contributed by atoms with Gasteiger partial charge in [-0.25, -0.2) is 4.21 Å². The van der Waals surface area contributed by atoms with Crippen LogP contribution in [0.1, 0.15) is 0 Å². The van der Waals surface area contributed by atoms with Crippen molar-refractivity contribution in [3.05, 3.63) is 24.3 Å². The van der Waals surface area contributed by atoms with Crippen molar-refractivity contribution in [1.82, 2.24) is 0 Å². The van der Waals surface area contributed by atoms with Crippen LogP contribution in [0.25, 0.3) is 0 Å². The fraction of sp³-hybridized carbons (Fsp3) is 0. The lowest BCUT2D eigenvalue weighted by Crippen LogP contribution is -1.86. The van der Waals surface area contributed by atoms with Crippen LogP contribution in [0.2, 0.25) is 0 Å². The van der Waals surface area contributed by atoms with Crippen molar-refractivity contribution >= 4 is 34.1 Å². The highest BCUT2D eigenvalue weighted by molar-refractivity contribution is 14.1. The van der Waals surface area contributed by atoms with Crippen LogP contribution in [-0.4, -0.2) is 8.76 Å². The van der Waals surface area contributed by atoms with Gasteiger partial charge in [0, 0.05) is 0 Å². The highest BCUT2D eigenvalue weighted by atomic mass is 127. The minimum atomic E-state index is -1.90. The fourth-order valence-electron chi connectivity index (χ4n) is 0.607. The molecule has 0 aromatic heterocycles. The van der Waals surface area contributed by atoms with Crippen LogP contribution in [0.4, 0.5) is 0 Å². The first-order valence-electron chi connectivity index (χ1n) is 2.73. The lowest BCUT2D eigenvalue weighted by Gasteiger charge is -1.96. The van der Waals surface area contributed by atoms with E-state index in [2.05, 4.69) is 0 Å². The standard InChI is InChI=1S/C6H5IO3S/c7-10-5-1-3-6(4-2-5)11(8)9/h1-4H,(H,8,9). The summed E-state index contributed by atoms with van der Waals surface area (Å²) < 4.78 is 23.9. The van der Waals surface area contributed by atoms with E-state index in [1.54, 1.807) is 47.3 Å². The van der Waals surface area contributed by atoms with Crippen molar-refractivity contribution < 1.29 is 11.8 Å². The Bertz CT molecular complexity index is 259. The molecular weight excluding hydrogens is 279 g/mol. The van der Waals surface area contributed by atoms with Crippen molar-refractivity contribution in [2.45, 2.75) is 4.90 Å². The minimum Gasteiger partial charge on any atom is -0.428 e. The number of halogens is 1. The maximum absolute atomic E-state index is 10.5. The zero-order chi connectivity index (χ0) is 8.27. The second kappa shape index (κ2) is 4.03. The molecule has 1 rings (SSSR count). The highest BCUT2D eigenvalue weighted by Crippen LogP contribution is 2.15. The number of rotatable bonds is 2. The Balaban J connectivity index is 2.91. The molecule has 11 heavy (non-hydrogen) atoms. The molecule has 0 amide bonds. The monoisotopic (exact) mass is 284 g/mol. The molecule has 0 spiro atoms. The Morgan fingerprint density at radius 2 is 1.91 bits per heavy atom. The second-order valence-electron chi connectivity index (χ2n) is 1.80. The molecule has 0 aliphatic rings. The molecule has 1 aromatic carbocycles. The minimum absolute atomic E-state index is 0.377. The van der Waals surface area contributed by atoms with Gasteiger partial charge in [0.05, 0.1) is 4.90 Å². The average Bonchev–Trinajstić information content (AvgIpc) is 2.05. The van der Waals surface area contributed by atoms with E-state index in [0.717, 1.165) is 0 Å². The van der Waals surface area contributed by atoms with E-state index in [4.69, 9.17) is 7.62 Å². The van der Waals surface area contributed by atoms with Gasteiger partial charge in [-0.1, -0.05) is 0 Å². The zero-order valence-corrected chi connectivity index (χ0v) is 8.33. The van der Waals surface area contributed by atoms with Gasteiger partial charge < -0.3 is 7.62 Å². The molecule has 0 fully saturated rings. The molecule has 60 valence electrons. The van der Waals surface area contributed by atoms with Crippen LogP contribution in [0, 0.1) is 0 Å². The van der Waals surface area contributed by atoms with Crippen LogP contribution in [0.3, 0.4) is 0 Å². The van der Waals surface area contributed by atoms with E-state index >= 15 is 0 Å². The van der Waals surface area contributed by atoms with Crippen LogP contribution < -0.4 is 3.07 Å². The lowest BCUT2D eigenvalue weighted by molar-refractivity contribution is 0.564. The Labute approximate surface area is 80.7 Å². The molecule has 0 radical (unpaired) electrons. The molecule has 0 bridgehead atoms. The Kier molecular flexibility index (Phi) is 3.28. The van der Waals surface area contributed by atoms with Gasteiger partial charge in [-0.15, -0.1) is 0 Å². The molecule has 1 aromatic rings. The van der Waals surface area contributed by atoms with E-state index in [1.807, 2.05) is 0 Å². The molecule has 0 heterocycles. The molecular formula is C6H5IO3S. The third-order valence-corrected chi connectivity index (χ3v) is 2.30. The van der Waals surface area contributed by atoms with Crippen LogP contribution in [0.5, 0.6) is 5.75 Å². The first-order valence-corrected chi connectivity index (χ1v) is 4.72. The third-order valence-electron chi connectivity index (χ3n) is 1.11. The van der Waals surface area contributed by atoms with Gasteiger partial charge in [-0.3, -0.25) is 0 Å². The first kappa shape index (κ1) is 8.95. The SMILES string of the molecule is O=S(O)c1ccc(OI)cc1. The van der Waals surface area contributed by atoms with E-state index in [-0.39, 0.29) is 0 Å². The summed E-state index contributed by atoms with van der Waals surface area (Å²) in [6.45, 7) is 0. The summed E-state index contributed by atoms with van der Waals surface area (Å²) in [6.07, 6.45) is 0. The molecule has 1 N–H and O–H groups in total. The zero-order valence-electron chi connectivity index (χ0n) is 5.36. The molecule has 1 unspecified atom stereocenters. The Morgan fingerprint density at radius 1 is 1.36 bits per heavy atom. The van der Waals surface area contributed by atoms with Gasteiger partial charge in [0.15, 0.2) is 34.1 Å². The quantitative estimate of drug-likeness (QED) is 0.667. The summed E-state index contributed by atoms with van der Waals surface area (Å²) >= 11 is -0.153. The van der Waals surface area contributed by atoms with E-state index in [0.29, 0.717) is 10.6 Å². The van der Waals surface area contributed by atoms with Crippen LogP contribution in [0.15, 0.2) is 29.2 Å². The van der Waals surface area contributed by atoms with Crippen LogP contribution >= 0.6 is 23.0 Å². The van der Waals surface area contributed by atoms with Crippen LogP contribution in [-0.2, 0) is 11.1 Å².